The van der Waals surface area contributed by atoms with Crippen LogP contribution in [0.25, 0.3) is 0 Å². The van der Waals surface area contributed by atoms with Crippen LogP contribution in [0.2, 0.25) is 0 Å². The summed E-state index contributed by atoms with van der Waals surface area (Å²) in [5.41, 5.74) is 1.89. The van der Waals surface area contributed by atoms with E-state index in [4.69, 9.17) is 0 Å². The molecule has 0 bridgehead atoms. The molecular weight excluding hydrogens is 392 g/mol. The molecule has 0 spiro atoms. The Labute approximate surface area is 157 Å². The first-order valence-electron chi connectivity index (χ1n) is 7.53. The van der Waals surface area contributed by atoms with Gasteiger partial charge in [-0.25, -0.2) is 0 Å². The first kappa shape index (κ1) is 20.7. The van der Waals surface area contributed by atoms with Gasteiger partial charge in [-0.1, -0.05) is 41.9 Å². The van der Waals surface area contributed by atoms with Crippen LogP contribution in [0.3, 0.4) is 0 Å². The molecule has 7 heteroatoms. The summed E-state index contributed by atoms with van der Waals surface area (Å²) in [5, 5.41) is 10.2. The predicted molar refractivity (Wildman–Crippen MR) is 102 cm³/mol. The Hall–Kier alpha value is -1.37. The molecule has 1 aromatic heterocycles. The molecule has 1 aromatic carbocycles. The molecule has 0 radical (unpaired) electrons. The Balaban J connectivity index is 0.00000288. The summed E-state index contributed by atoms with van der Waals surface area (Å²) < 4.78 is 2.74. The summed E-state index contributed by atoms with van der Waals surface area (Å²) in [6.45, 7) is 4.80. The van der Waals surface area contributed by atoms with Crippen molar-refractivity contribution in [2.75, 3.05) is 13.6 Å². The zero-order valence-electron chi connectivity index (χ0n) is 14.3. The van der Waals surface area contributed by atoms with E-state index in [2.05, 4.69) is 57.6 Å². The van der Waals surface area contributed by atoms with Gasteiger partial charge in [0.2, 0.25) is 5.91 Å². The number of amides is 1. The molecular formula is C17H24BrClN4O. The van der Waals surface area contributed by atoms with Crippen molar-refractivity contribution in [3.63, 3.8) is 0 Å². The van der Waals surface area contributed by atoms with Crippen molar-refractivity contribution in [2.24, 2.45) is 7.05 Å². The molecule has 24 heavy (non-hydrogen) atoms. The molecule has 2 rings (SSSR count). The van der Waals surface area contributed by atoms with Gasteiger partial charge in [-0.05, 0) is 24.7 Å². The Morgan fingerprint density at radius 1 is 1.33 bits per heavy atom. The summed E-state index contributed by atoms with van der Waals surface area (Å²) >= 11 is 3.44. The van der Waals surface area contributed by atoms with E-state index in [1.807, 2.05) is 25.4 Å². The van der Waals surface area contributed by atoms with Crippen LogP contribution < -0.4 is 10.6 Å². The van der Waals surface area contributed by atoms with Crippen molar-refractivity contribution in [2.45, 2.75) is 25.3 Å². The largest absolute Gasteiger partial charge is 0.354 e. The van der Waals surface area contributed by atoms with Gasteiger partial charge in [0, 0.05) is 35.2 Å². The maximum atomic E-state index is 12.5. The van der Waals surface area contributed by atoms with E-state index in [0.717, 1.165) is 10.0 Å². The van der Waals surface area contributed by atoms with Gasteiger partial charge < -0.3 is 10.6 Å². The Morgan fingerprint density at radius 2 is 1.96 bits per heavy atom. The number of likely N-dealkylation sites (N-methyl/N-ethyl adjacent to an activating group) is 1. The van der Waals surface area contributed by atoms with Crippen LogP contribution in [0, 0.1) is 0 Å². The molecule has 0 saturated carbocycles. The third-order valence-corrected chi connectivity index (χ3v) is 4.47. The van der Waals surface area contributed by atoms with Gasteiger partial charge in [0.25, 0.3) is 0 Å². The molecule has 1 heterocycles. The lowest BCUT2D eigenvalue weighted by Crippen LogP contribution is -2.42. The molecule has 0 fully saturated rings. The highest BCUT2D eigenvalue weighted by atomic mass is 79.9. The SMILES string of the molecule is CNC(C(=O)NCC(C)(C)c1ccc(Br)cc1)c1cnn(C)c1.Cl. The average molecular weight is 416 g/mol. The highest BCUT2D eigenvalue weighted by Gasteiger charge is 2.25. The summed E-state index contributed by atoms with van der Waals surface area (Å²) in [6, 6.07) is 7.79. The van der Waals surface area contributed by atoms with Gasteiger partial charge in [-0.15, -0.1) is 12.4 Å². The number of aryl methyl sites for hydroxylation is 1. The number of halogens is 2. The smallest absolute Gasteiger partial charge is 0.241 e. The van der Waals surface area contributed by atoms with E-state index in [0.29, 0.717) is 6.54 Å². The molecule has 2 aromatic rings. The van der Waals surface area contributed by atoms with Crippen LogP contribution in [-0.2, 0) is 17.3 Å². The fourth-order valence-corrected chi connectivity index (χ4v) is 2.72. The van der Waals surface area contributed by atoms with Gasteiger partial charge in [0.1, 0.15) is 6.04 Å². The van der Waals surface area contributed by atoms with E-state index in [-0.39, 0.29) is 23.7 Å². The van der Waals surface area contributed by atoms with Crippen molar-refractivity contribution in [3.8, 4) is 0 Å². The minimum Gasteiger partial charge on any atom is -0.354 e. The van der Waals surface area contributed by atoms with E-state index < -0.39 is 6.04 Å². The summed E-state index contributed by atoms with van der Waals surface area (Å²) in [4.78, 5) is 12.5. The number of hydrogen-bond donors (Lipinski definition) is 2. The predicted octanol–water partition coefficient (Wildman–Crippen LogP) is 2.96. The van der Waals surface area contributed by atoms with Crippen molar-refractivity contribution >= 4 is 34.2 Å². The Morgan fingerprint density at radius 3 is 2.46 bits per heavy atom. The molecule has 0 aliphatic heterocycles. The first-order valence-corrected chi connectivity index (χ1v) is 8.32. The quantitative estimate of drug-likeness (QED) is 0.762. The molecule has 0 aliphatic carbocycles. The van der Waals surface area contributed by atoms with Gasteiger partial charge in [-0.3, -0.25) is 9.48 Å². The number of rotatable bonds is 6. The molecule has 1 unspecified atom stereocenters. The number of benzene rings is 1. The van der Waals surface area contributed by atoms with Gasteiger partial charge in [0.15, 0.2) is 0 Å². The Kier molecular flexibility index (Phi) is 7.45. The fourth-order valence-electron chi connectivity index (χ4n) is 2.45. The molecule has 1 amide bonds. The van der Waals surface area contributed by atoms with Crippen molar-refractivity contribution < 1.29 is 4.79 Å². The summed E-state index contributed by atoms with van der Waals surface area (Å²) in [5.74, 6) is -0.0503. The summed E-state index contributed by atoms with van der Waals surface area (Å²) in [7, 11) is 3.61. The third kappa shape index (κ3) is 5.06. The van der Waals surface area contributed by atoms with Crippen LogP contribution in [0.1, 0.15) is 31.0 Å². The van der Waals surface area contributed by atoms with E-state index in [1.54, 1.807) is 17.9 Å². The van der Waals surface area contributed by atoms with E-state index in [1.165, 1.54) is 5.56 Å². The zero-order valence-corrected chi connectivity index (χ0v) is 16.7. The standard InChI is InChI=1S/C17H23BrN4O.ClH/c1-17(2,13-5-7-14(18)8-6-13)11-20-16(23)15(19-3)12-9-21-22(4)10-12;/h5-10,15,19H,11H2,1-4H3,(H,20,23);1H. The average Bonchev–Trinajstić information content (AvgIpc) is 2.93. The van der Waals surface area contributed by atoms with Crippen LogP contribution in [0.5, 0.6) is 0 Å². The monoisotopic (exact) mass is 414 g/mol. The number of carbonyl (C=O) groups excluding carboxylic acids is 1. The lowest BCUT2D eigenvalue weighted by Gasteiger charge is -2.27. The van der Waals surface area contributed by atoms with Crippen molar-refractivity contribution in [1.29, 1.82) is 0 Å². The number of carbonyl (C=O) groups is 1. The highest BCUT2D eigenvalue weighted by Crippen LogP contribution is 2.24. The maximum absolute atomic E-state index is 12.5. The van der Waals surface area contributed by atoms with Crippen LogP contribution in [-0.4, -0.2) is 29.3 Å². The number of nitrogens with zero attached hydrogens (tertiary/aromatic N) is 2. The molecule has 0 saturated heterocycles. The van der Waals surface area contributed by atoms with Gasteiger partial charge >= 0.3 is 0 Å². The van der Waals surface area contributed by atoms with Gasteiger partial charge in [0.05, 0.1) is 6.20 Å². The minimum absolute atomic E-state index is 0. The molecule has 5 nitrogen and oxygen atoms in total. The second-order valence-electron chi connectivity index (χ2n) is 6.28. The number of aromatic nitrogens is 2. The van der Waals surface area contributed by atoms with Crippen LogP contribution in [0.4, 0.5) is 0 Å². The lowest BCUT2D eigenvalue weighted by atomic mass is 9.84. The normalized spacial score (nSPS) is 12.4. The maximum Gasteiger partial charge on any atom is 0.241 e. The van der Waals surface area contributed by atoms with Gasteiger partial charge in [-0.2, -0.15) is 5.10 Å². The molecule has 0 aliphatic rings. The van der Waals surface area contributed by atoms with E-state index in [9.17, 15) is 4.79 Å². The topological polar surface area (TPSA) is 59.0 Å². The second-order valence-corrected chi connectivity index (χ2v) is 7.19. The van der Waals surface area contributed by atoms with E-state index >= 15 is 0 Å². The molecule has 2 N–H and O–H groups in total. The second kappa shape index (κ2) is 8.65. The van der Waals surface area contributed by atoms with Crippen LogP contribution >= 0.6 is 28.3 Å². The molecule has 132 valence electrons. The van der Waals surface area contributed by atoms with Crippen LogP contribution in [0.15, 0.2) is 41.1 Å². The zero-order chi connectivity index (χ0) is 17.0. The Bertz CT molecular complexity index is 669. The fraction of sp³-hybridized carbons (Fsp3) is 0.412. The minimum atomic E-state index is -0.399. The van der Waals surface area contributed by atoms with Crippen molar-refractivity contribution in [1.82, 2.24) is 20.4 Å². The number of hydrogen-bond acceptors (Lipinski definition) is 3. The lowest BCUT2D eigenvalue weighted by molar-refractivity contribution is -0.123. The molecule has 1 atom stereocenters. The highest BCUT2D eigenvalue weighted by molar-refractivity contribution is 9.10. The first-order chi connectivity index (χ1) is 10.8. The van der Waals surface area contributed by atoms with Crippen molar-refractivity contribution in [3.05, 3.63) is 52.3 Å². The number of nitrogens with one attached hydrogen (secondary N) is 2. The third-order valence-electron chi connectivity index (χ3n) is 3.94. The summed E-state index contributed by atoms with van der Waals surface area (Å²) in [6.07, 6.45) is 3.56.